The number of fused-ring (bicyclic) bond motifs is 1. The highest BCUT2D eigenvalue weighted by Crippen LogP contribution is 2.32. The summed E-state index contributed by atoms with van der Waals surface area (Å²) in [6.45, 7) is 3.93. The molecular weight excluding hydrogens is 428 g/mol. The zero-order valence-corrected chi connectivity index (χ0v) is 19.2. The largest absolute Gasteiger partial charge is 0.494 e. The fourth-order valence-corrected chi connectivity index (χ4v) is 4.70. The van der Waals surface area contributed by atoms with Crippen molar-refractivity contribution in [3.63, 3.8) is 0 Å². The molecule has 0 aliphatic rings. The molecule has 2 heterocycles. The molecule has 0 aliphatic carbocycles. The topological polar surface area (TPSA) is 60.2 Å². The summed E-state index contributed by atoms with van der Waals surface area (Å²) in [5.41, 5.74) is 1.53. The SMILES string of the molecule is CCOc1ccc2nc(N(CCCn3ccnc3)C(=O)c3ccc(SC)cc3)sc2c1. The van der Waals surface area contributed by atoms with Crippen molar-refractivity contribution in [3.8, 4) is 5.75 Å². The Kier molecular flexibility index (Phi) is 6.89. The van der Waals surface area contributed by atoms with E-state index in [1.807, 2.05) is 66.4 Å². The summed E-state index contributed by atoms with van der Waals surface area (Å²) in [6.07, 6.45) is 8.31. The molecule has 0 radical (unpaired) electrons. The molecule has 160 valence electrons. The fourth-order valence-electron chi connectivity index (χ4n) is 3.27. The van der Waals surface area contributed by atoms with Gasteiger partial charge in [-0.25, -0.2) is 9.97 Å². The van der Waals surface area contributed by atoms with Crippen LogP contribution in [0, 0.1) is 0 Å². The van der Waals surface area contributed by atoms with E-state index in [2.05, 4.69) is 4.98 Å². The second-order valence-electron chi connectivity index (χ2n) is 6.90. The highest BCUT2D eigenvalue weighted by molar-refractivity contribution is 7.98. The van der Waals surface area contributed by atoms with Gasteiger partial charge in [0.05, 0.1) is 23.2 Å². The average Bonchev–Trinajstić information content (AvgIpc) is 3.46. The number of hydrogen-bond donors (Lipinski definition) is 0. The molecule has 0 N–H and O–H groups in total. The first-order chi connectivity index (χ1) is 15.2. The van der Waals surface area contributed by atoms with Gasteiger partial charge in [0.15, 0.2) is 5.13 Å². The van der Waals surface area contributed by atoms with Gasteiger partial charge in [0, 0.05) is 35.9 Å². The minimum atomic E-state index is -0.0395. The van der Waals surface area contributed by atoms with Crippen molar-refractivity contribution in [2.75, 3.05) is 24.3 Å². The predicted molar refractivity (Wildman–Crippen MR) is 128 cm³/mol. The summed E-state index contributed by atoms with van der Waals surface area (Å²) >= 11 is 3.17. The number of hydrogen-bond acceptors (Lipinski definition) is 6. The summed E-state index contributed by atoms with van der Waals surface area (Å²) in [4.78, 5) is 25.2. The Bertz CT molecular complexity index is 1140. The molecule has 2 aromatic heterocycles. The highest BCUT2D eigenvalue weighted by atomic mass is 32.2. The molecule has 31 heavy (non-hydrogen) atoms. The van der Waals surface area contributed by atoms with E-state index in [4.69, 9.17) is 9.72 Å². The molecule has 0 unspecified atom stereocenters. The van der Waals surface area contributed by atoms with Crippen molar-refractivity contribution in [2.45, 2.75) is 24.8 Å². The maximum atomic E-state index is 13.4. The van der Waals surface area contributed by atoms with Crippen LogP contribution in [-0.2, 0) is 6.54 Å². The number of aryl methyl sites for hydroxylation is 1. The van der Waals surface area contributed by atoms with Gasteiger partial charge in [-0.05, 0) is 62.1 Å². The minimum Gasteiger partial charge on any atom is -0.494 e. The van der Waals surface area contributed by atoms with Crippen LogP contribution in [0.3, 0.4) is 0 Å². The summed E-state index contributed by atoms with van der Waals surface area (Å²) in [6, 6.07) is 13.6. The molecule has 0 saturated heterocycles. The summed E-state index contributed by atoms with van der Waals surface area (Å²) in [5.74, 6) is 0.776. The molecule has 8 heteroatoms. The average molecular weight is 453 g/mol. The van der Waals surface area contributed by atoms with E-state index in [9.17, 15) is 4.79 Å². The highest BCUT2D eigenvalue weighted by Gasteiger charge is 2.21. The zero-order chi connectivity index (χ0) is 21.6. The number of aromatic nitrogens is 3. The number of ether oxygens (including phenoxy) is 1. The van der Waals surface area contributed by atoms with Crippen LogP contribution in [0.15, 0.2) is 66.1 Å². The van der Waals surface area contributed by atoms with E-state index in [1.165, 1.54) is 11.3 Å². The minimum absolute atomic E-state index is 0.0395. The van der Waals surface area contributed by atoms with E-state index < -0.39 is 0 Å². The van der Waals surface area contributed by atoms with Gasteiger partial charge in [-0.2, -0.15) is 0 Å². The quantitative estimate of drug-likeness (QED) is 0.320. The molecule has 2 aromatic carbocycles. The van der Waals surface area contributed by atoms with Gasteiger partial charge < -0.3 is 9.30 Å². The Hall–Kier alpha value is -2.84. The number of benzene rings is 2. The molecule has 0 spiro atoms. The van der Waals surface area contributed by atoms with Crippen LogP contribution in [-0.4, -0.2) is 39.8 Å². The van der Waals surface area contributed by atoms with Crippen molar-refractivity contribution >= 4 is 44.4 Å². The van der Waals surface area contributed by atoms with Crippen LogP contribution in [0.5, 0.6) is 5.75 Å². The lowest BCUT2D eigenvalue weighted by atomic mass is 10.2. The predicted octanol–water partition coefficient (Wildman–Crippen LogP) is 5.35. The summed E-state index contributed by atoms with van der Waals surface area (Å²) in [7, 11) is 0. The second-order valence-corrected chi connectivity index (χ2v) is 8.79. The van der Waals surface area contributed by atoms with E-state index in [0.717, 1.165) is 33.8 Å². The van der Waals surface area contributed by atoms with Crippen LogP contribution < -0.4 is 9.64 Å². The van der Waals surface area contributed by atoms with Crippen LogP contribution >= 0.6 is 23.1 Å². The lowest BCUT2D eigenvalue weighted by Gasteiger charge is -2.20. The molecule has 0 atom stereocenters. The zero-order valence-electron chi connectivity index (χ0n) is 17.5. The molecular formula is C23H24N4O2S2. The Labute approximate surface area is 189 Å². The third-order valence-corrected chi connectivity index (χ3v) is 6.61. The maximum absolute atomic E-state index is 13.4. The molecule has 0 saturated carbocycles. The second kappa shape index (κ2) is 9.98. The number of thiazole rings is 1. The lowest BCUT2D eigenvalue weighted by Crippen LogP contribution is -2.32. The first-order valence-electron chi connectivity index (χ1n) is 10.1. The number of rotatable bonds is 9. The van der Waals surface area contributed by atoms with Gasteiger partial charge in [0.25, 0.3) is 5.91 Å². The number of carbonyl (C=O) groups is 1. The van der Waals surface area contributed by atoms with Crippen LogP contribution in [0.2, 0.25) is 0 Å². The van der Waals surface area contributed by atoms with Gasteiger partial charge in [-0.1, -0.05) is 11.3 Å². The van der Waals surface area contributed by atoms with Crippen molar-refractivity contribution in [2.24, 2.45) is 0 Å². The molecule has 4 rings (SSSR count). The third-order valence-electron chi connectivity index (χ3n) is 4.83. The summed E-state index contributed by atoms with van der Waals surface area (Å²) in [5, 5.41) is 0.702. The smallest absolute Gasteiger partial charge is 0.260 e. The Morgan fingerprint density at radius 3 is 2.77 bits per heavy atom. The van der Waals surface area contributed by atoms with Crippen LogP contribution in [0.4, 0.5) is 5.13 Å². The molecule has 1 amide bonds. The van der Waals surface area contributed by atoms with Gasteiger partial charge in [-0.3, -0.25) is 9.69 Å². The number of anilines is 1. The normalized spacial score (nSPS) is 11.0. The maximum Gasteiger partial charge on any atom is 0.260 e. The van der Waals surface area contributed by atoms with E-state index in [0.29, 0.717) is 23.8 Å². The number of imidazole rings is 1. The van der Waals surface area contributed by atoms with Crippen molar-refractivity contribution in [3.05, 3.63) is 66.7 Å². The number of nitrogens with zero attached hydrogens (tertiary/aromatic N) is 4. The van der Waals surface area contributed by atoms with Gasteiger partial charge in [0.1, 0.15) is 5.75 Å². The van der Waals surface area contributed by atoms with Crippen molar-refractivity contribution < 1.29 is 9.53 Å². The number of thioether (sulfide) groups is 1. The molecule has 0 fully saturated rings. The lowest BCUT2D eigenvalue weighted by molar-refractivity contribution is 0.0986. The molecule has 0 bridgehead atoms. The van der Waals surface area contributed by atoms with Crippen molar-refractivity contribution in [1.29, 1.82) is 0 Å². The Morgan fingerprint density at radius 1 is 1.23 bits per heavy atom. The molecule has 0 aliphatic heterocycles. The summed E-state index contributed by atoms with van der Waals surface area (Å²) < 4.78 is 8.64. The van der Waals surface area contributed by atoms with Gasteiger partial charge in [0.2, 0.25) is 0 Å². The fraction of sp³-hybridized carbons (Fsp3) is 0.261. The third kappa shape index (κ3) is 5.08. The van der Waals surface area contributed by atoms with E-state index in [1.54, 1.807) is 29.2 Å². The Morgan fingerprint density at radius 2 is 2.06 bits per heavy atom. The monoisotopic (exact) mass is 452 g/mol. The number of carbonyl (C=O) groups excluding carboxylic acids is 1. The first kappa shape index (κ1) is 21.4. The Balaban J connectivity index is 1.61. The standard InChI is InChI=1S/C23H24N4O2S2/c1-3-29-18-7-10-20-21(15-18)31-23(25-20)27(13-4-12-26-14-11-24-16-26)22(28)17-5-8-19(30-2)9-6-17/h5-11,14-16H,3-4,12-13H2,1-2H3. The number of amides is 1. The molecule has 6 nitrogen and oxygen atoms in total. The van der Waals surface area contributed by atoms with E-state index >= 15 is 0 Å². The molecule has 4 aromatic rings. The van der Waals surface area contributed by atoms with Crippen LogP contribution in [0.25, 0.3) is 10.2 Å². The van der Waals surface area contributed by atoms with Gasteiger partial charge in [-0.15, -0.1) is 11.8 Å². The van der Waals surface area contributed by atoms with Crippen LogP contribution in [0.1, 0.15) is 23.7 Å². The van der Waals surface area contributed by atoms with E-state index in [-0.39, 0.29) is 5.91 Å². The van der Waals surface area contributed by atoms with Crippen molar-refractivity contribution in [1.82, 2.24) is 14.5 Å². The first-order valence-corrected chi connectivity index (χ1v) is 12.2. The van der Waals surface area contributed by atoms with Gasteiger partial charge >= 0.3 is 0 Å².